The van der Waals surface area contributed by atoms with E-state index in [4.69, 9.17) is 6.57 Å². The van der Waals surface area contributed by atoms with Crippen LogP contribution in [0.1, 0.15) is 0 Å². The molecule has 34 valence electrons. The van der Waals surface area contributed by atoms with E-state index in [1.807, 2.05) is 0 Å². The van der Waals surface area contributed by atoms with E-state index in [-0.39, 0.29) is 5.95 Å². The van der Waals surface area contributed by atoms with Crippen LogP contribution in [0.2, 0.25) is 0 Å². The van der Waals surface area contributed by atoms with Gasteiger partial charge in [-0.1, -0.05) is 0 Å². The van der Waals surface area contributed by atoms with Gasteiger partial charge in [0.15, 0.2) is 0 Å². The zero-order valence-electron chi connectivity index (χ0n) is 3.29. The standard InChI is InChI=1S/C2HN5/c1-3-2-4-6-7-5-2/h(H,4,5,6,7). The minimum atomic E-state index is 0.0556. The summed E-state index contributed by atoms with van der Waals surface area (Å²) >= 11 is 0. The molecule has 1 N–H and O–H groups in total. The number of H-pyrrole nitrogens is 1. The van der Waals surface area contributed by atoms with Crippen LogP contribution in [0.25, 0.3) is 4.85 Å². The minimum Gasteiger partial charge on any atom is -0.391 e. The highest BCUT2D eigenvalue weighted by Gasteiger charge is 1.90. The molecule has 0 amide bonds. The third-order valence-corrected chi connectivity index (χ3v) is 0.434. The summed E-state index contributed by atoms with van der Waals surface area (Å²) in [6.45, 7) is 6.30. The van der Waals surface area contributed by atoms with Gasteiger partial charge in [0.05, 0.1) is 0 Å². The van der Waals surface area contributed by atoms with Crippen LogP contribution >= 0.6 is 0 Å². The molecule has 1 aromatic heterocycles. The molecule has 1 rings (SSSR count). The van der Waals surface area contributed by atoms with Gasteiger partial charge >= 0.3 is 5.95 Å². The molecule has 0 bridgehead atoms. The van der Waals surface area contributed by atoms with Crippen LogP contribution in [0.3, 0.4) is 0 Å². The predicted molar refractivity (Wildman–Crippen MR) is 20.4 cm³/mol. The molecule has 0 aromatic carbocycles. The van der Waals surface area contributed by atoms with Crippen molar-refractivity contribution in [2.75, 3.05) is 0 Å². The smallest absolute Gasteiger partial charge is 0.391 e. The second-order valence-electron chi connectivity index (χ2n) is 0.824. The molecule has 0 aliphatic carbocycles. The van der Waals surface area contributed by atoms with Crippen LogP contribution < -0.4 is 0 Å². The Morgan fingerprint density at radius 1 is 1.71 bits per heavy atom. The Hall–Kier alpha value is -1.44. The fraction of sp³-hybridized carbons (Fsp3) is 0. The number of nitrogens with zero attached hydrogens (tertiary/aromatic N) is 4. The minimum absolute atomic E-state index is 0.0556. The molecule has 0 aliphatic heterocycles. The maximum atomic E-state index is 6.30. The molecule has 0 saturated heterocycles. The lowest BCUT2D eigenvalue weighted by Crippen LogP contribution is -1.64. The molecule has 0 atom stereocenters. The van der Waals surface area contributed by atoms with Crippen molar-refractivity contribution in [2.45, 2.75) is 0 Å². The average molecular weight is 95.1 g/mol. The Labute approximate surface area is 39.2 Å². The quantitative estimate of drug-likeness (QED) is 0.452. The summed E-state index contributed by atoms with van der Waals surface area (Å²) in [6, 6.07) is 0. The summed E-state index contributed by atoms with van der Waals surface area (Å²) in [5.74, 6) is 0.0556. The topological polar surface area (TPSA) is 58.8 Å². The molecule has 0 radical (unpaired) electrons. The Morgan fingerprint density at radius 2 is 2.57 bits per heavy atom. The van der Waals surface area contributed by atoms with Crippen LogP contribution in [0.15, 0.2) is 0 Å². The molecule has 0 unspecified atom stereocenters. The Balaban J connectivity index is 3.04. The van der Waals surface area contributed by atoms with Gasteiger partial charge in [0.1, 0.15) is 0 Å². The third kappa shape index (κ3) is 0.523. The SMILES string of the molecule is [C-]#[N+]c1nn[nH]n1. The van der Waals surface area contributed by atoms with E-state index in [9.17, 15) is 0 Å². The van der Waals surface area contributed by atoms with Crippen molar-refractivity contribution in [1.82, 2.24) is 20.6 Å². The van der Waals surface area contributed by atoms with Crippen molar-refractivity contribution in [3.05, 3.63) is 11.4 Å². The maximum Gasteiger partial charge on any atom is 0.416 e. The van der Waals surface area contributed by atoms with E-state index in [2.05, 4.69) is 25.5 Å². The summed E-state index contributed by atoms with van der Waals surface area (Å²) < 4.78 is 0. The van der Waals surface area contributed by atoms with Gasteiger partial charge < -0.3 is 4.85 Å². The molecule has 5 nitrogen and oxygen atoms in total. The first-order chi connectivity index (χ1) is 3.43. The number of aromatic amines is 1. The lowest BCUT2D eigenvalue weighted by atomic mass is 11.1. The van der Waals surface area contributed by atoms with Gasteiger partial charge in [-0.15, -0.1) is 11.8 Å². The van der Waals surface area contributed by atoms with E-state index in [1.165, 1.54) is 0 Å². The van der Waals surface area contributed by atoms with E-state index < -0.39 is 0 Å². The monoisotopic (exact) mass is 95.0 g/mol. The molecule has 0 saturated carbocycles. The maximum absolute atomic E-state index is 6.30. The number of aromatic nitrogens is 4. The number of hydrogen-bond donors (Lipinski definition) is 1. The van der Waals surface area contributed by atoms with Gasteiger partial charge in [-0.05, 0) is 10.2 Å². The van der Waals surface area contributed by atoms with Gasteiger partial charge in [-0.3, -0.25) is 0 Å². The molecule has 0 fully saturated rings. The first-order valence-electron chi connectivity index (χ1n) is 1.54. The lowest BCUT2D eigenvalue weighted by Gasteiger charge is -1.61. The van der Waals surface area contributed by atoms with Crippen molar-refractivity contribution < 1.29 is 0 Å². The molecule has 1 aromatic rings. The van der Waals surface area contributed by atoms with Crippen molar-refractivity contribution in [3.63, 3.8) is 0 Å². The highest BCUT2D eigenvalue weighted by molar-refractivity contribution is 5.18. The largest absolute Gasteiger partial charge is 0.416 e. The number of nitrogens with one attached hydrogen (secondary N) is 1. The van der Waals surface area contributed by atoms with Crippen LogP contribution in [0.5, 0.6) is 0 Å². The summed E-state index contributed by atoms with van der Waals surface area (Å²) in [7, 11) is 0. The van der Waals surface area contributed by atoms with Gasteiger partial charge in [-0.2, -0.15) is 0 Å². The van der Waals surface area contributed by atoms with Gasteiger partial charge in [0, 0.05) is 5.21 Å². The van der Waals surface area contributed by atoms with Crippen molar-refractivity contribution in [1.29, 1.82) is 0 Å². The van der Waals surface area contributed by atoms with E-state index in [1.54, 1.807) is 0 Å². The summed E-state index contributed by atoms with van der Waals surface area (Å²) in [4.78, 5) is 2.86. The Bertz CT molecular complexity index is 168. The van der Waals surface area contributed by atoms with E-state index in [0.717, 1.165) is 0 Å². The molecule has 0 spiro atoms. The predicted octanol–water partition coefficient (Wildman–Crippen LogP) is -0.250. The summed E-state index contributed by atoms with van der Waals surface area (Å²) in [6.07, 6.45) is 0. The molecule has 0 aliphatic rings. The highest BCUT2D eigenvalue weighted by Crippen LogP contribution is 1.91. The average Bonchev–Trinajstić information content (AvgIpc) is 2.14. The highest BCUT2D eigenvalue weighted by atomic mass is 15.5. The second kappa shape index (κ2) is 1.34. The Kier molecular flexibility index (Phi) is 0.717. The summed E-state index contributed by atoms with van der Waals surface area (Å²) in [5.41, 5.74) is 0. The van der Waals surface area contributed by atoms with Crippen LogP contribution in [-0.4, -0.2) is 20.6 Å². The first-order valence-corrected chi connectivity index (χ1v) is 1.54. The normalized spacial score (nSPS) is 7.86. The second-order valence-corrected chi connectivity index (χ2v) is 0.824. The Morgan fingerprint density at radius 3 is 2.86 bits per heavy atom. The fourth-order valence-electron chi connectivity index (χ4n) is 0.204. The molecule has 7 heavy (non-hydrogen) atoms. The van der Waals surface area contributed by atoms with E-state index in [0.29, 0.717) is 0 Å². The van der Waals surface area contributed by atoms with E-state index >= 15 is 0 Å². The van der Waals surface area contributed by atoms with Gasteiger partial charge in [-0.25, -0.2) is 0 Å². The summed E-state index contributed by atoms with van der Waals surface area (Å²) in [5, 5.41) is 11.9. The molecular formula is C2HN5. The van der Waals surface area contributed by atoms with Crippen molar-refractivity contribution in [3.8, 4) is 0 Å². The zero-order valence-corrected chi connectivity index (χ0v) is 3.29. The third-order valence-electron chi connectivity index (χ3n) is 0.434. The number of hydrogen-bond acceptors (Lipinski definition) is 3. The lowest BCUT2D eigenvalue weighted by molar-refractivity contribution is 0.881. The van der Waals surface area contributed by atoms with Gasteiger partial charge in [0.2, 0.25) is 0 Å². The van der Waals surface area contributed by atoms with Crippen LogP contribution in [-0.2, 0) is 0 Å². The number of rotatable bonds is 0. The zero-order chi connectivity index (χ0) is 5.11. The number of tetrazole rings is 1. The van der Waals surface area contributed by atoms with Crippen molar-refractivity contribution >= 4 is 5.95 Å². The first kappa shape index (κ1) is 3.74. The molecule has 5 heteroatoms. The van der Waals surface area contributed by atoms with Crippen LogP contribution in [0.4, 0.5) is 5.95 Å². The van der Waals surface area contributed by atoms with Gasteiger partial charge in [0.25, 0.3) is 0 Å². The van der Waals surface area contributed by atoms with Crippen LogP contribution in [0, 0.1) is 6.57 Å². The fourth-order valence-corrected chi connectivity index (χ4v) is 0.204. The molecular weight excluding hydrogens is 94.1 g/mol. The van der Waals surface area contributed by atoms with Crippen molar-refractivity contribution in [2.24, 2.45) is 0 Å². The molecule has 1 heterocycles.